The number of carbonyl (C=O) groups is 1. The van der Waals surface area contributed by atoms with Gasteiger partial charge >= 0.3 is 0 Å². The Labute approximate surface area is 167 Å². The maximum atomic E-state index is 13.3. The summed E-state index contributed by atoms with van der Waals surface area (Å²) in [5.41, 5.74) is 6.39. The molecule has 0 bridgehead atoms. The van der Waals surface area contributed by atoms with Gasteiger partial charge in [-0.25, -0.2) is 8.42 Å². The number of ketones is 1. The second-order valence-corrected chi connectivity index (χ2v) is 8.46. The van der Waals surface area contributed by atoms with E-state index in [4.69, 9.17) is 5.73 Å². The van der Waals surface area contributed by atoms with Crippen molar-refractivity contribution in [1.29, 1.82) is 0 Å². The van der Waals surface area contributed by atoms with Gasteiger partial charge in [-0.1, -0.05) is 60.7 Å². The standard InChI is InChI=1S/C21H18N2O5S/c22-19(16-10-7-11-17(14-16)23(25)26)21(20(24)15-8-3-1-4-9-15)29(27,28)18-12-5-2-6-13-18/h1-14,19,21H,22H2. The van der Waals surface area contributed by atoms with Gasteiger partial charge in [0, 0.05) is 17.7 Å². The Bertz CT molecular complexity index is 1130. The first-order chi connectivity index (χ1) is 13.8. The number of nitrogens with zero attached hydrogens (tertiary/aromatic N) is 1. The second kappa shape index (κ2) is 8.34. The highest BCUT2D eigenvalue weighted by molar-refractivity contribution is 7.93. The van der Waals surface area contributed by atoms with E-state index in [-0.39, 0.29) is 21.7 Å². The lowest BCUT2D eigenvalue weighted by Gasteiger charge is -2.23. The average molecular weight is 410 g/mol. The molecule has 0 aliphatic rings. The lowest BCUT2D eigenvalue weighted by molar-refractivity contribution is -0.384. The molecule has 2 N–H and O–H groups in total. The van der Waals surface area contributed by atoms with Gasteiger partial charge in [0.15, 0.2) is 15.6 Å². The fourth-order valence-corrected chi connectivity index (χ4v) is 4.83. The third-order valence-corrected chi connectivity index (χ3v) is 6.62. The normalized spacial score (nSPS) is 13.4. The zero-order valence-electron chi connectivity index (χ0n) is 15.2. The molecule has 29 heavy (non-hydrogen) atoms. The zero-order valence-corrected chi connectivity index (χ0v) is 16.0. The minimum atomic E-state index is -4.17. The Morgan fingerprint density at radius 3 is 2.07 bits per heavy atom. The molecular formula is C21H18N2O5S. The van der Waals surface area contributed by atoms with E-state index in [9.17, 15) is 23.3 Å². The summed E-state index contributed by atoms with van der Waals surface area (Å²) >= 11 is 0. The fraction of sp³-hybridized carbons (Fsp3) is 0.0952. The lowest BCUT2D eigenvalue weighted by atomic mass is 9.97. The number of non-ortho nitro benzene ring substituents is 1. The number of nitrogens with two attached hydrogens (primary N) is 1. The van der Waals surface area contributed by atoms with E-state index >= 15 is 0 Å². The van der Waals surface area contributed by atoms with Crippen LogP contribution < -0.4 is 5.73 Å². The molecule has 0 aliphatic heterocycles. The van der Waals surface area contributed by atoms with Crippen molar-refractivity contribution in [2.45, 2.75) is 16.2 Å². The third kappa shape index (κ3) is 4.23. The highest BCUT2D eigenvalue weighted by Crippen LogP contribution is 2.30. The first-order valence-corrected chi connectivity index (χ1v) is 10.2. The molecule has 7 nitrogen and oxygen atoms in total. The van der Waals surface area contributed by atoms with Crippen LogP contribution in [0.25, 0.3) is 0 Å². The first kappa shape index (κ1) is 20.4. The van der Waals surface area contributed by atoms with Gasteiger partial charge in [0.05, 0.1) is 15.9 Å². The number of carbonyl (C=O) groups excluding carboxylic acids is 1. The molecule has 0 radical (unpaired) electrons. The molecule has 148 valence electrons. The van der Waals surface area contributed by atoms with Crippen molar-refractivity contribution >= 4 is 21.3 Å². The average Bonchev–Trinajstić information content (AvgIpc) is 2.75. The predicted molar refractivity (Wildman–Crippen MR) is 108 cm³/mol. The third-order valence-electron chi connectivity index (χ3n) is 4.51. The van der Waals surface area contributed by atoms with Gasteiger partial charge in [-0.3, -0.25) is 14.9 Å². The number of nitro benzene ring substituents is 1. The van der Waals surface area contributed by atoms with Gasteiger partial charge in [0.25, 0.3) is 5.69 Å². The maximum Gasteiger partial charge on any atom is 0.269 e. The summed E-state index contributed by atoms with van der Waals surface area (Å²) in [6, 6.07) is 19.6. The van der Waals surface area contributed by atoms with Crippen molar-refractivity contribution in [3.05, 3.63) is 106 Å². The highest BCUT2D eigenvalue weighted by Gasteiger charge is 2.40. The van der Waals surface area contributed by atoms with E-state index in [0.29, 0.717) is 0 Å². The van der Waals surface area contributed by atoms with Crippen molar-refractivity contribution < 1.29 is 18.1 Å². The SMILES string of the molecule is NC(c1cccc([N+](=O)[O-])c1)C(C(=O)c1ccccc1)S(=O)(=O)c1ccccc1. The number of rotatable bonds is 7. The summed E-state index contributed by atoms with van der Waals surface area (Å²) in [4.78, 5) is 23.7. The van der Waals surface area contributed by atoms with Gasteiger partial charge in [-0.2, -0.15) is 0 Å². The smallest absolute Gasteiger partial charge is 0.269 e. The number of hydrogen-bond donors (Lipinski definition) is 1. The van der Waals surface area contributed by atoms with Crippen LogP contribution in [-0.2, 0) is 9.84 Å². The molecule has 2 unspecified atom stereocenters. The molecule has 8 heteroatoms. The van der Waals surface area contributed by atoms with Crippen LogP contribution in [0.15, 0.2) is 89.8 Å². The number of sulfone groups is 1. The van der Waals surface area contributed by atoms with Gasteiger partial charge in [-0.05, 0) is 17.7 Å². The van der Waals surface area contributed by atoms with E-state index in [1.165, 1.54) is 48.5 Å². The number of nitro groups is 1. The number of benzene rings is 3. The topological polar surface area (TPSA) is 120 Å². The van der Waals surface area contributed by atoms with Crippen molar-refractivity contribution in [2.75, 3.05) is 0 Å². The maximum absolute atomic E-state index is 13.3. The van der Waals surface area contributed by atoms with E-state index in [1.54, 1.807) is 36.4 Å². The summed E-state index contributed by atoms with van der Waals surface area (Å²) in [5, 5.41) is 9.45. The highest BCUT2D eigenvalue weighted by atomic mass is 32.2. The Morgan fingerprint density at radius 1 is 0.897 bits per heavy atom. The molecule has 3 aromatic rings. The molecule has 3 rings (SSSR count). The van der Waals surface area contributed by atoms with Crippen LogP contribution in [0.1, 0.15) is 22.0 Å². The number of Topliss-reactive ketones (excluding diaryl/α,β-unsaturated/α-hetero) is 1. The Balaban J connectivity index is 2.14. The van der Waals surface area contributed by atoms with Crippen molar-refractivity contribution in [3.63, 3.8) is 0 Å². The lowest BCUT2D eigenvalue weighted by Crippen LogP contribution is -2.40. The molecule has 0 aromatic heterocycles. The predicted octanol–water partition coefficient (Wildman–Crippen LogP) is 3.32. The van der Waals surface area contributed by atoms with Crippen LogP contribution in [0.3, 0.4) is 0 Å². The Morgan fingerprint density at radius 2 is 1.48 bits per heavy atom. The van der Waals surface area contributed by atoms with Gasteiger partial charge in [0.1, 0.15) is 5.25 Å². The molecule has 3 aromatic carbocycles. The summed E-state index contributed by atoms with van der Waals surface area (Å²) in [5.74, 6) is -0.673. The number of hydrogen-bond acceptors (Lipinski definition) is 6. The quantitative estimate of drug-likeness (QED) is 0.362. The molecule has 0 aliphatic carbocycles. The van der Waals surface area contributed by atoms with E-state index in [2.05, 4.69) is 0 Å². The molecule has 0 amide bonds. The van der Waals surface area contributed by atoms with Crippen LogP contribution in [0, 0.1) is 10.1 Å². The summed E-state index contributed by atoms with van der Waals surface area (Å²) in [7, 11) is -4.17. The van der Waals surface area contributed by atoms with Crippen molar-refractivity contribution in [3.8, 4) is 0 Å². The monoisotopic (exact) mass is 410 g/mol. The molecule has 0 heterocycles. The van der Waals surface area contributed by atoms with Gasteiger partial charge < -0.3 is 5.73 Å². The van der Waals surface area contributed by atoms with E-state index < -0.39 is 31.8 Å². The second-order valence-electron chi connectivity index (χ2n) is 6.39. The van der Waals surface area contributed by atoms with E-state index in [1.807, 2.05) is 0 Å². The molecule has 0 saturated carbocycles. The molecule has 0 fully saturated rings. The van der Waals surface area contributed by atoms with Crippen LogP contribution in [-0.4, -0.2) is 24.4 Å². The zero-order chi connectivity index (χ0) is 21.0. The van der Waals surface area contributed by atoms with Gasteiger partial charge in [-0.15, -0.1) is 0 Å². The summed E-state index contributed by atoms with van der Waals surface area (Å²) in [6.07, 6.45) is 0. The van der Waals surface area contributed by atoms with Crippen molar-refractivity contribution in [2.24, 2.45) is 5.73 Å². The van der Waals surface area contributed by atoms with Crippen LogP contribution in [0.5, 0.6) is 0 Å². The molecular weight excluding hydrogens is 392 g/mol. The summed E-state index contributed by atoms with van der Waals surface area (Å²) < 4.78 is 26.7. The van der Waals surface area contributed by atoms with Crippen LogP contribution in [0.4, 0.5) is 5.69 Å². The Hall–Kier alpha value is -3.36. The van der Waals surface area contributed by atoms with E-state index in [0.717, 1.165) is 0 Å². The first-order valence-electron chi connectivity index (χ1n) is 8.70. The van der Waals surface area contributed by atoms with Gasteiger partial charge in [0.2, 0.25) is 0 Å². The fourth-order valence-electron chi connectivity index (χ4n) is 3.04. The van der Waals surface area contributed by atoms with Crippen molar-refractivity contribution in [1.82, 2.24) is 0 Å². The molecule has 0 saturated heterocycles. The van der Waals surface area contributed by atoms with Crippen LogP contribution >= 0.6 is 0 Å². The molecule has 2 atom stereocenters. The Kier molecular flexibility index (Phi) is 5.86. The summed E-state index contributed by atoms with van der Waals surface area (Å²) in [6.45, 7) is 0. The largest absolute Gasteiger partial charge is 0.322 e. The minimum Gasteiger partial charge on any atom is -0.322 e. The molecule has 0 spiro atoms. The van der Waals surface area contributed by atoms with Crippen LogP contribution in [0.2, 0.25) is 0 Å². The minimum absolute atomic E-state index is 0.0461.